The van der Waals surface area contributed by atoms with Gasteiger partial charge in [0, 0.05) is 28.8 Å². The summed E-state index contributed by atoms with van der Waals surface area (Å²) >= 11 is 0. The molecule has 2 aromatic rings. The van der Waals surface area contributed by atoms with Crippen molar-refractivity contribution in [2.45, 2.75) is 39.0 Å². The number of methoxy groups -OCH3 is 2. The molecular formula is C30H33NO7. The van der Waals surface area contributed by atoms with Crippen molar-refractivity contribution in [3.63, 3.8) is 0 Å². The number of nitrogens with one attached hydrogen (secondary N) is 1. The number of benzene rings is 2. The highest BCUT2D eigenvalue weighted by atomic mass is 16.5. The Morgan fingerprint density at radius 1 is 0.921 bits per heavy atom. The number of ketones is 1. The van der Waals surface area contributed by atoms with Gasteiger partial charge in [0.1, 0.15) is 17.4 Å². The average Bonchev–Trinajstić information content (AvgIpc) is 2.92. The molecule has 8 nitrogen and oxygen atoms in total. The third kappa shape index (κ3) is 5.03. The Hall–Kier alpha value is -4.07. The summed E-state index contributed by atoms with van der Waals surface area (Å²) in [4.78, 5) is 40.9. The van der Waals surface area contributed by atoms with E-state index < -0.39 is 29.7 Å². The minimum absolute atomic E-state index is 0.143. The summed E-state index contributed by atoms with van der Waals surface area (Å²) in [5.41, 5.74) is 3.44. The van der Waals surface area contributed by atoms with Crippen LogP contribution >= 0.6 is 0 Å². The van der Waals surface area contributed by atoms with Gasteiger partial charge in [-0.2, -0.15) is 0 Å². The Balaban J connectivity index is 1.91. The van der Waals surface area contributed by atoms with E-state index in [-0.39, 0.29) is 19.0 Å². The number of carbonyl (C=O) groups excluding carboxylic acids is 3. The molecule has 0 aromatic heterocycles. The summed E-state index contributed by atoms with van der Waals surface area (Å²) in [7, 11) is 3.13. The van der Waals surface area contributed by atoms with Crippen molar-refractivity contribution >= 4 is 17.7 Å². The molecule has 0 bridgehead atoms. The Morgan fingerprint density at radius 2 is 1.53 bits per heavy atom. The second kappa shape index (κ2) is 11.5. The van der Waals surface area contributed by atoms with Gasteiger partial charge in [-0.25, -0.2) is 4.79 Å². The summed E-state index contributed by atoms with van der Waals surface area (Å²) in [5, 5.41) is 3.31. The maximum atomic E-state index is 14.3. The standard InChI is InChI=1S/C30H33NO7/c1-6-37-29(33)24-17(3)31-23-16-22(18-10-8-12-20(14-18)35-4)26(30(34)38-7-2)28(32)27(23)25(24)19-11-9-13-21(15-19)36-5/h8-15,22,25-26,31H,6-7,16H2,1-5H3/t22-,25-,26+/m1/s1. The fraction of sp³-hybridized carbons (Fsp3) is 0.367. The van der Waals surface area contributed by atoms with Crippen LogP contribution in [0.5, 0.6) is 11.5 Å². The monoisotopic (exact) mass is 519 g/mol. The van der Waals surface area contributed by atoms with Crippen LogP contribution in [0.2, 0.25) is 0 Å². The van der Waals surface area contributed by atoms with E-state index in [1.807, 2.05) is 36.4 Å². The number of rotatable bonds is 8. The van der Waals surface area contributed by atoms with E-state index in [9.17, 15) is 14.4 Å². The summed E-state index contributed by atoms with van der Waals surface area (Å²) in [5.74, 6) is -2.59. The predicted molar refractivity (Wildman–Crippen MR) is 141 cm³/mol. The summed E-state index contributed by atoms with van der Waals surface area (Å²) < 4.78 is 21.6. The van der Waals surface area contributed by atoms with Gasteiger partial charge in [-0.3, -0.25) is 9.59 Å². The number of hydrogen-bond donors (Lipinski definition) is 1. The quantitative estimate of drug-likeness (QED) is 0.404. The third-order valence-electron chi connectivity index (χ3n) is 7.00. The normalized spacial score (nSPS) is 20.9. The number of ether oxygens (including phenoxy) is 4. The molecule has 0 saturated heterocycles. The molecule has 1 heterocycles. The van der Waals surface area contributed by atoms with E-state index in [2.05, 4.69) is 5.32 Å². The smallest absolute Gasteiger partial charge is 0.336 e. The SMILES string of the molecule is CCOC(=O)C1=C(C)NC2=C(C(=O)[C@@H](C(=O)OCC)[C@@H](c3cccc(OC)c3)C2)[C@@H]1c1cccc(OC)c1. The third-order valence-corrected chi connectivity index (χ3v) is 7.00. The Labute approximate surface area is 222 Å². The lowest BCUT2D eigenvalue weighted by atomic mass is 9.67. The topological polar surface area (TPSA) is 100 Å². The van der Waals surface area contributed by atoms with Crippen LogP contribution in [0.15, 0.2) is 71.1 Å². The number of dihydropyridines is 1. The van der Waals surface area contributed by atoms with E-state index in [1.165, 1.54) is 0 Å². The predicted octanol–water partition coefficient (Wildman–Crippen LogP) is 4.42. The lowest BCUT2D eigenvalue weighted by molar-refractivity contribution is -0.152. The molecule has 0 spiro atoms. The van der Waals surface area contributed by atoms with Gasteiger partial charge in [-0.15, -0.1) is 0 Å². The largest absolute Gasteiger partial charge is 0.497 e. The van der Waals surface area contributed by atoms with Crippen molar-refractivity contribution in [2.24, 2.45) is 5.92 Å². The lowest BCUT2D eigenvalue weighted by Crippen LogP contribution is -2.43. The molecule has 0 unspecified atom stereocenters. The van der Waals surface area contributed by atoms with Crippen molar-refractivity contribution in [1.29, 1.82) is 0 Å². The van der Waals surface area contributed by atoms with Crippen LogP contribution in [0.25, 0.3) is 0 Å². The molecule has 3 atom stereocenters. The van der Waals surface area contributed by atoms with E-state index in [0.29, 0.717) is 46.0 Å². The molecule has 0 amide bonds. The molecule has 0 saturated carbocycles. The number of carbonyl (C=O) groups is 3. The number of hydrogen-bond acceptors (Lipinski definition) is 8. The molecule has 0 fully saturated rings. The molecule has 38 heavy (non-hydrogen) atoms. The Bertz CT molecular complexity index is 1310. The zero-order valence-electron chi connectivity index (χ0n) is 22.3. The van der Waals surface area contributed by atoms with Gasteiger partial charge in [0.05, 0.1) is 33.0 Å². The van der Waals surface area contributed by atoms with Crippen molar-refractivity contribution in [1.82, 2.24) is 5.32 Å². The maximum absolute atomic E-state index is 14.3. The van der Waals surface area contributed by atoms with Crippen molar-refractivity contribution in [3.05, 3.63) is 82.2 Å². The minimum Gasteiger partial charge on any atom is -0.497 e. The molecule has 2 aromatic carbocycles. The highest BCUT2D eigenvalue weighted by Crippen LogP contribution is 2.48. The second-order valence-corrected chi connectivity index (χ2v) is 9.17. The zero-order chi connectivity index (χ0) is 27.4. The second-order valence-electron chi connectivity index (χ2n) is 9.17. The first kappa shape index (κ1) is 27.0. The van der Waals surface area contributed by atoms with E-state index >= 15 is 0 Å². The fourth-order valence-corrected chi connectivity index (χ4v) is 5.36. The minimum atomic E-state index is -1.09. The van der Waals surface area contributed by atoms with Crippen LogP contribution in [-0.4, -0.2) is 45.2 Å². The number of allylic oxidation sites excluding steroid dienone is 3. The Kier molecular flexibility index (Phi) is 8.20. The molecule has 0 radical (unpaired) electrons. The highest BCUT2D eigenvalue weighted by Gasteiger charge is 2.49. The van der Waals surface area contributed by atoms with Crippen molar-refractivity contribution in [3.8, 4) is 11.5 Å². The first-order valence-corrected chi connectivity index (χ1v) is 12.7. The van der Waals surface area contributed by atoms with Gasteiger partial charge in [0.25, 0.3) is 0 Å². The van der Waals surface area contributed by atoms with Crippen molar-refractivity contribution < 1.29 is 33.3 Å². The average molecular weight is 520 g/mol. The van der Waals surface area contributed by atoms with Gasteiger partial charge in [0.15, 0.2) is 5.78 Å². The molecule has 1 N–H and O–H groups in total. The lowest BCUT2D eigenvalue weighted by Gasteiger charge is -2.39. The van der Waals surface area contributed by atoms with Gasteiger partial charge >= 0.3 is 11.9 Å². The van der Waals surface area contributed by atoms with E-state index in [0.717, 1.165) is 5.56 Å². The molecule has 2 aliphatic rings. The van der Waals surface area contributed by atoms with E-state index in [1.54, 1.807) is 47.1 Å². The first-order valence-electron chi connectivity index (χ1n) is 12.7. The molecule has 1 aliphatic carbocycles. The van der Waals surface area contributed by atoms with Gasteiger partial charge < -0.3 is 24.3 Å². The van der Waals surface area contributed by atoms with Crippen LogP contribution in [-0.2, 0) is 23.9 Å². The molecule has 8 heteroatoms. The fourth-order valence-electron chi connectivity index (χ4n) is 5.36. The molecule has 200 valence electrons. The summed E-state index contributed by atoms with van der Waals surface area (Å²) in [6, 6.07) is 14.6. The summed E-state index contributed by atoms with van der Waals surface area (Å²) in [6.07, 6.45) is 0.367. The Morgan fingerprint density at radius 3 is 2.13 bits per heavy atom. The van der Waals surface area contributed by atoms with Crippen molar-refractivity contribution in [2.75, 3.05) is 27.4 Å². The maximum Gasteiger partial charge on any atom is 0.336 e. The zero-order valence-corrected chi connectivity index (χ0v) is 22.3. The summed E-state index contributed by atoms with van der Waals surface area (Å²) in [6.45, 7) is 5.57. The van der Waals surface area contributed by atoms with Gasteiger partial charge in [0.2, 0.25) is 0 Å². The molecular weight excluding hydrogens is 486 g/mol. The van der Waals surface area contributed by atoms with Crippen LogP contribution in [0, 0.1) is 5.92 Å². The van der Waals surface area contributed by atoms with Crippen LogP contribution in [0.3, 0.4) is 0 Å². The highest BCUT2D eigenvalue weighted by molar-refractivity contribution is 6.13. The number of Topliss-reactive ketones (excluding diaryl/α,β-unsaturated/α-hetero) is 1. The molecule has 4 rings (SSSR count). The molecule has 1 aliphatic heterocycles. The van der Waals surface area contributed by atoms with E-state index in [4.69, 9.17) is 18.9 Å². The van der Waals surface area contributed by atoms with Crippen LogP contribution in [0.1, 0.15) is 50.2 Å². The number of esters is 2. The van der Waals surface area contributed by atoms with Gasteiger partial charge in [-0.05, 0) is 62.6 Å². The van der Waals surface area contributed by atoms with Crippen LogP contribution in [0.4, 0.5) is 0 Å². The van der Waals surface area contributed by atoms with Crippen LogP contribution < -0.4 is 14.8 Å². The van der Waals surface area contributed by atoms with Gasteiger partial charge in [-0.1, -0.05) is 24.3 Å². The first-order chi connectivity index (χ1) is 18.3.